The van der Waals surface area contributed by atoms with Gasteiger partial charge in [-0.3, -0.25) is 19.0 Å². The van der Waals surface area contributed by atoms with Crippen LogP contribution in [0.3, 0.4) is 0 Å². The minimum Gasteiger partial charge on any atom is -0.466 e. The van der Waals surface area contributed by atoms with Gasteiger partial charge < -0.3 is 20.4 Å². The Labute approximate surface area is 196 Å². The third-order valence-corrected chi connectivity index (χ3v) is 6.44. The SMILES string of the molecule is CCOC(=O)[C@@H]1CN(CCn2c(=O)[nH]c3ccccc3c2=O)CC[C@@H]1c1ccc(C(N)=O)cc1. The van der Waals surface area contributed by atoms with E-state index in [1.807, 2.05) is 12.1 Å². The summed E-state index contributed by atoms with van der Waals surface area (Å²) in [6, 6.07) is 13.9. The Morgan fingerprint density at radius 1 is 1.09 bits per heavy atom. The highest BCUT2D eigenvalue weighted by molar-refractivity contribution is 5.92. The molecule has 3 aromatic rings. The lowest BCUT2D eigenvalue weighted by atomic mass is 9.80. The summed E-state index contributed by atoms with van der Waals surface area (Å²) in [5.41, 5.74) is 6.44. The highest BCUT2D eigenvalue weighted by atomic mass is 16.5. The molecule has 1 aromatic heterocycles. The van der Waals surface area contributed by atoms with Crippen molar-refractivity contribution in [2.45, 2.75) is 25.8 Å². The zero-order valence-corrected chi connectivity index (χ0v) is 19.0. The second kappa shape index (κ2) is 10.0. The van der Waals surface area contributed by atoms with E-state index in [1.54, 1.807) is 43.3 Å². The van der Waals surface area contributed by atoms with Crippen molar-refractivity contribution in [3.63, 3.8) is 0 Å². The number of hydrogen-bond donors (Lipinski definition) is 2. The number of H-pyrrole nitrogens is 1. The number of primary amides is 1. The van der Waals surface area contributed by atoms with Crippen LogP contribution in [0.2, 0.25) is 0 Å². The van der Waals surface area contributed by atoms with E-state index < -0.39 is 17.5 Å². The Morgan fingerprint density at radius 2 is 1.82 bits per heavy atom. The topological polar surface area (TPSA) is 127 Å². The maximum absolute atomic E-state index is 12.8. The smallest absolute Gasteiger partial charge is 0.328 e. The molecule has 0 unspecified atom stereocenters. The summed E-state index contributed by atoms with van der Waals surface area (Å²) in [7, 11) is 0. The largest absolute Gasteiger partial charge is 0.466 e. The molecule has 178 valence electrons. The third-order valence-electron chi connectivity index (χ3n) is 6.44. The second-order valence-corrected chi connectivity index (χ2v) is 8.47. The number of amides is 1. The number of nitrogens with two attached hydrogens (primary N) is 1. The van der Waals surface area contributed by atoms with Crippen LogP contribution in [-0.2, 0) is 16.1 Å². The highest BCUT2D eigenvalue weighted by Crippen LogP contribution is 2.34. The van der Waals surface area contributed by atoms with Crippen LogP contribution in [0, 0.1) is 5.92 Å². The van der Waals surface area contributed by atoms with Gasteiger partial charge in [0, 0.05) is 25.2 Å². The molecule has 0 radical (unpaired) electrons. The molecule has 1 saturated heterocycles. The van der Waals surface area contributed by atoms with Crippen molar-refractivity contribution in [3.8, 4) is 0 Å². The van der Waals surface area contributed by atoms with E-state index in [1.165, 1.54) is 4.57 Å². The lowest BCUT2D eigenvalue weighted by Crippen LogP contribution is -2.46. The number of aromatic nitrogens is 2. The van der Waals surface area contributed by atoms with E-state index in [0.717, 1.165) is 5.56 Å². The van der Waals surface area contributed by atoms with Crippen LogP contribution in [0.4, 0.5) is 0 Å². The summed E-state index contributed by atoms with van der Waals surface area (Å²) in [5.74, 6) is -1.25. The van der Waals surface area contributed by atoms with Crippen molar-refractivity contribution in [1.29, 1.82) is 0 Å². The number of carbonyl (C=O) groups is 2. The molecule has 4 rings (SSSR count). The number of rotatable bonds is 7. The minimum atomic E-state index is -0.498. The van der Waals surface area contributed by atoms with Crippen molar-refractivity contribution in [1.82, 2.24) is 14.5 Å². The highest BCUT2D eigenvalue weighted by Gasteiger charge is 2.36. The first-order valence-corrected chi connectivity index (χ1v) is 11.4. The quantitative estimate of drug-likeness (QED) is 0.510. The van der Waals surface area contributed by atoms with Crippen molar-refractivity contribution in [2.24, 2.45) is 11.7 Å². The predicted octanol–water partition coefficient (Wildman–Crippen LogP) is 1.46. The molecule has 1 aliphatic heterocycles. The van der Waals surface area contributed by atoms with Crippen LogP contribution in [-0.4, -0.2) is 52.6 Å². The molecule has 1 aliphatic rings. The van der Waals surface area contributed by atoms with E-state index in [-0.39, 0.29) is 30.6 Å². The zero-order chi connectivity index (χ0) is 24.2. The molecule has 0 spiro atoms. The maximum Gasteiger partial charge on any atom is 0.328 e. The Balaban J connectivity index is 1.51. The zero-order valence-electron chi connectivity index (χ0n) is 19.0. The molecule has 0 bridgehead atoms. The van der Waals surface area contributed by atoms with Crippen molar-refractivity contribution >= 4 is 22.8 Å². The number of fused-ring (bicyclic) bond motifs is 1. The van der Waals surface area contributed by atoms with Crippen molar-refractivity contribution < 1.29 is 14.3 Å². The predicted molar refractivity (Wildman–Crippen MR) is 128 cm³/mol. The van der Waals surface area contributed by atoms with Gasteiger partial charge in [-0.25, -0.2) is 4.79 Å². The van der Waals surface area contributed by atoms with Crippen LogP contribution in [0.25, 0.3) is 10.9 Å². The van der Waals surface area contributed by atoms with E-state index in [0.29, 0.717) is 42.5 Å². The fourth-order valence-corrected chi connectivity index (χ4v) is 4.65. The number of benzene rings is 2. The Hall–Kier alpha value is -3.72. The molecule has 9 nitrogen and oxygen atoms in total. The first kappa shape index (κ1) is 23.4. The first-order chi connectivity index (χ1) is 16.4. The molecule has 0 aliphatic carbocycles. The molecule has 34 heavy (non-hydrogen) atoms. The number of carbonyl (C=O) groups excluding carboxylic acids is 2. The van der Waals surface area contributed by atoms with Crippen LogP contribution in [0.5, 0.6) is 0 Å². The summed E-state index contributed by atoms with van der Waals surface area (Å²) in [6.07, 6.45) is 0.697. The van der Waals surface area contributed by atoms with Crippen LogP contribution in [0.15, 0.2) is 58.1 Å². The molecule has 1 fully saturated rings. The van der Waals surface area contributed by atoms with E-state index in [2.05, 4.69) is 9.88 Å². The lowest BCUT2D eigenvalue weighted by Gasteiger charge is -2.37. The summed E-state index contributed by atoms with van der Waals surface area (Å²) >= 11 is 0. The normalized spacial score (nSPS) is 18.6. The van der Waals surface area contributed by atoms with Crippen molar-refractivity contribution in [2.75, 3.05) is 26.2 Å². The van der Waals surface area contributed by atoms with E-state index in [9.17, 15) is 19.2 Å². The summed E-state index contributed by atoms with van der Waals surface area (Å²) in [5, 5.41) is 0.463. The third kappa shape index (κ3) is 4.79. The second-order valence-electron chi connectivity index (χ2n) is 8.47. The summed E-state index contributed by atoms with van der Waals surface area (Å²) in [6.45, 7) is 3.86. The van der Waals surface area contributed by atoms with Gasteiger partial charge in [0.15, 0.2) is 0 Å². The van der Waals surface area contributed by atoms with Crippen LogP contribution in [0.1, 0.15) is 35.2 Å². The summed E-state index contributed by atoms with van der Waals surface area (Å²) in [4.78, 5) is 54.3. The number of nitrogens with zero attached hydrogens (tertiary/aromatic N) is 2. The molecule has 2 aromatic carbocycles. The molecule has 0 saturated carbocycles. The number of hydrogen-bond acceptors (Lipinski definition) is 6. The molecular weight excluding hydrogens is 436 g/mol. The number of aromatic amines is 1. The number of ether oxygens (including phenoxy) is 1. The Bertz CT molecular complexity index is 1310. The van der Waals surface area contributed by atoms with E-state index in [4.69, 9.17) is 10.5 Å². The van der Waals surface area contributed by atoms with Gasteiger partial charge in [0.05, 0.1) is 23.4 Å². The number of nitrogens with one attached hydrogen (secondary N) is 1. The fourth-order valence-electron chi connectivity index (χ4n) is 4.65. The Morgan fingerprint density at radius 3 is 2.53 bits per heavy atom. The average molecular weight is 465 g/mol. The number of para-hydroxylation sites is 1. The maximum atomic E-state index is 12.8. The number of esters is 1. The average Bonchev–Trinajstić information content (AvgIpc) is 2.84. The van der Waals surface area contributed by atoms with Gasteiger partial charge in [0.25, 0.3) is 5.56 Å². The fraction of sp³-hybridized carbons (Fsp3) is 0.360. The lowest BCUT2D eigenvalue weighted by molar-refractivity contribution is -0.150. The van der Waals surface area contributed by atoms with E-state index >= 15 is 0 Å². The minimum absolute atomic E-state index is 0.0657. The van der Waals surface area contributed by atoms with Crippen molar-refractivity contribution in [3.05, 3.63) is 80.5 Å². The van der Waals surface area contributed by atoms with Gasteiger partial charge in [-0.05, 0) is 55.6 Å². The van der Waals surface area contributed by atoms with Crippen LogP contribution < -0.4 is 17.0 Å². The molecule has 3 N–H and O–H groups in total. The standard InChI is InChI=1S/C25H28N4O5/c1-2-34-24(32)20-15-28(12-11-18(20)16-7-9-17(10-8-16)22(26)30)13-14-29-23(31)19-5-3-4-6-21(19)27-25(29)33/h3-10,18,20H,2,11-15H2,1H3,(H2,26,30)(H,27,33)/t18-,20-/m1/s1. The monoisotopic (exact) mass is 464 g/mol. The molecule has 2 atom stereocenters. The van der Waals surface area contributed by atoms with Gasteiger partial charge in [-0.1, -0.05) is 24.3 Å². The molecular formula is C25H28N4O5. The molecule has 1 amide bonds. The van der Waals surface area contributed by atoms with Gasteiger partial charge in [-0.2, -0.15) is 0 Å². The van der Waals surface area contributed by atoms with Gasteiger partial charge >= 0.3 is 11.7 Å². The Kier molecular flexibility index (Phi) is 6.93. The summed E-state index contributed by atoms with van der Waals surface area (Å²) < 4.78 is 6.55. The van der Waals surface area contributed by atoms with Crippen LogP contribution >= 0.6 is 0 Å². The number of piperidine rings is 1. The molecule has 2 heterocycles. The molecule has 9 heteroatoms. The van der Waals surface area contributed by atoms with Gasteiger partial charge in [-0.15, -0.1) is 0 Å². The van der Waals surface area contributed by atoms with Gasteiger partial charge in [0.2, 0.25) is 5.91 Å². The first-order valence-electron chi connectivity index (χ1n) is 11.4. The number of likely N-dealkylation sites (tertiary alicyclic amines) is 1. The van der Waals surface area contributed by atoms with Gasteiger partial charge in [0.1, 0.15) is 0 Å².